The molecule has 0 aliphatic rings. The molecule has 0 fully saturated rings. The van der Waals surface area contributed by atoms with Crippen molar-refractivity contribution in [1.29, 1.82) is 0 Å². The lowest BCUT2D eigenvalue weighted by Gasteiger charge is -2.19. The summed E-state index contributed by atoms with van der Waals surface area (Å²) in [5, 5.41) is 3.38. The highest BCUT2D eigenvalue weighted by Crippen LogP contribution is 2.24. The predicted molar refractivity (Wildman–Crippen MR) is 77.5 cm³/mol. The van der Waals surface area contributed by atoms with Gasteiger partial charge in [0.05, 0.1) is 7.11 Å². The van der Waals surface area contributed by atoms with Crippen molar-refractivity contribution >= 4 is 0 Å². The maximum atomic E-state index is 5.25. The molecule has 0 amide bonds. The second-order valence-electron chi connectivity index (χ2n) is 4.63. The molecular formula is C16H20N2O. The smallest absolute Gasteiger partial charge is 0.119 e. The van der Waals surface area contributed by atoms with Gasteiger partial charge in [-0.25, -0.2) is 0 Å². The fraction of sp³-hybridized carbons (Fsp3) is 0.312. The average molecular weight is 256 g/mol. The molecule has 2 aromatic rings. The molecule has 0 saturated heterocycles. The van der Waals surface area contributed by atoms with E-state index in [0.29, 0.717) is 0 Å². The van der Waals surface area contributed by atoms with Crippen LogP contribution in [0.1, 0.15) is 22.7 Å². The van der Waals surface area contributed by atoms with Crippen LogP contribution in [0.5, 0.6) is 5.75 Å². The Morgan fingerprint density at radius 3 is 2.74 bits per heavy atom. The first kappa shape index (κ1) is 13.6. The van der Waals surface area contributed by atoms with E-state index in [2.05, 4.69) is 35.4 Å². The molecule has 1 atom stereocenters. The van der Waals surface area contributed by atoms with Crippen LogP contribution in [0.3, 0.4) is 0 Å². The first-order chi connectivity index (χ1) is 9.24. The number of hydrogen-bond acceptors (Lipinski definition) is 3. The molecule has 0 aliphatic heterocycles. The third-order valence-electron chi connectivity index (χ3n) is 3.36. The number of aryl methyl sites for hydroxylation is 1. The Morgan fingerprint density at radius 2 is 2.16 bits per heavy atom. The van der Waals surface area contributed by atoms with E-state index in [-0.39, 0.29) is 6.04 Å². The van der Waals surface area contributed by atoms with Gasteiger partial charge in [0.2, 0.25) is 0 Å². The normalized spacial score (nSPS) is 12.2. The summed E-state index contributed by atoms with van der Waals surface area (Å²) in [6.07, 6.45) is 4.65. The van der Waals surface area contributed by atoms with E-state index >= 15 is 0 Å². The van der Waals surface area contributed by atoms with Crippen molar-refractivity contribution in [2.24, 2.45) is 0 Å². The molecule has 0 aliphatic carbocycles. The summed E-state index contributed by atoms with van der Waals surface area (Å²) < 4.78 is 5.25. The van der Waals surface area contributed by atoms with Crippen LogP contribution in [0.2, 0.25) is 0 Å². The molecule has 1 aromatic carbocycles. The minimum atomic E-state index is 0.287. The topological polar surface area (TPSA) is 34.2 Å². The highest BCUT2D eigenvalue weighted by molar-refractivity contribution is 5.37. The Morgan fingerprint density at radius 1 is 1.32 bits per heavy atom. The van der Waals surface area contributed by atoms with E-state index in [4.69, 9.17) is 4.74 Å². The number of nitrogens with one attached hydrogen (secondary N) is 1. The predicted octanol–water partition coefficient (Wildman–Crippen LogP) is 2.90. The zero-order chi connectivity index (χ0) is 13.7. The van der Waals surface area contributed by atoms with Gasteiger partial charge in [-0.15, -0.1) is 0 Å². The van der Waals surface area contributed by atoms with E-state index in [0.717, 1.165) is 12.2 Å². The van der Waals surface area contributed by atoms with Gasteiger partial charge in [-0.05, 0) is 55.3 Å². The molecule has 100 valence electrons. The zero-order valence-corrected chi connectivity index (χ0v) is 11.7. The SMILES string of the molecule is CNC(Cc1cccnc1)c1ccc(OC)cc1C. The summed E-state index contributed by atoms with van der Waals surface area (Å²) in [5.41, 5.74) is 3.77. The van der Waals surface area contributed by atoms with Crippen molar-refractivity contribution in [3.05, 3.63) is 59.4 Å². The maximum Gasteiger partial charge on any atom is 0.119 e. The van der Waals surface area contributed by atoms with Gasteiger partial charge in [0.1, 0.15) is 5.75 Å². The molecule has 0 saturated carbocycles. The summed E-state index contributed by atoms with van der Waals surface area (Å²) in [7, 11) is 3.68. The standard InChI is InChI=1S/C16H20N2O/c1-12-9-14(19-3)6-7-15(12)16(17-2)10-13-5-4-8-18-11-13/h4-9,11,16-17H,10H2,1-3H3. The molecule has 1 aromatic heterocycles. The first-order valence-electron chi connectivity index (χ1n) is 6.45. The number of methoxy groups -OCH3 is 1. The van der Waals surface area contributed by atoms with E-state index in [1.807, 2.05) is 25.4 Å². The number of likely N-dealkylation sites (N-methyl/N-ethyl adjacent to an activating group) is 1. The van der Waals surface area contributed by atoms with Gasteiger partial charge in [-0.2, -0.15) is 0 Å². The van der Waals surface area contributed by atoms with Gasteiger partial charge < -0.3 is 10.1 Å². The summed E-state index contributed by atoms with van der Waals surface area (Å²) in [6, 6.07) is 10.6. The lowest BCUT2D eigenvalue weighted by Crippen LogP contribution is -2.19. The Kier molecular flexibility index (Phi) is 4.53. The molecule has 1 heterocycles. The maximum absolute atomic E-state index is 5.25. The monoisotopic (exact) mass is 256 g/mol. The number of benzene rings is 1. The molecule has 3 nitrogen and oxygen atoms in total. The molecule has 2 rings (SSSR count). The number of nitrogens with zero attached hydrogens (tertiary/aromatic N) is 1. The minimum Gasteiger partial charge on any atom is -0.497 e. The second kappa shape index (κ2) is 6.34. The highest BCUT2D eigenvalue weighted by atomic mass is 16.5. The number of rotatable bonds is 5. The van der Waals surface area contributed by atoms with Crippen molar-refractivity contribution in [2.75, 3.05) is 14.2 Å². The molecule has 0 bridgehead atoms. The third kappa shape index (κ3) is 3.32. The van der Waals surface area contributed by atoms with Crippen LogP contribution in [-0.4, -0.2) is 19.1 Å². The lowest BCUT2D eigenvalue weighted by atomic mass is 9.96. The number of pyridine rings is 1. The average Bonchev–Trinajstić information content (AvgIpc) is 2.46. The van der Waals surface area contributed by atoms with E-state index in [1.54, 1.807) is 13.3 Å². The van der Waals surface area contributed by atoms with E-state index < -0.39 is 0 Å². The molecule has 0 radical (unpaired) electrons. The van der Waals surface area contributed by atoms with Crippen LogP contribution in [0, 0.1) is 6.92 Å². The Balaban J connectivity index is 2.22. The van der Waals surface area contributed by atoms with Gasteiger partial charge in [-0.1, -0.05) is 12.1 Å². The van der Waals surface area contributed by atoms with Crippen LogP contribution in [-0.2, 0) is 6.42 Å². The van der Waals surface area contributed by atoms with Crippen LogP contribution in [0.4, 0.5) is 0 Å². The van der Waals surface area contributed by atoms with Gasteiger partial charge in [0, 0.05) is 18.4 Å². The fourth-order valence-electron chi connectivity index (χ4n) is 2.29. The van der Waals surface area contributed by atoms with Crippen molar-refractivity contribution < 1.29 is 4.74 Å². The molecule has 1 unspecified atom stereocenters. The third-order valence-corrected chi connectivity index (χ3v) is 3.36. The molecule has 1 N–H and O–H groups in total. The summed E-state index contributed by atoms with van der Waals surface area (Å²) in [6.45, 7) is 2.12. The summed E-state index contributed by atoms with van der Waals surface area (Å²) in [5.74, 6) is 0.900. The molecule has 19 heavy (non-hydrogen) atoms. The van der Waals surface area contributed by atoms with Crippen molar-refractivity contribution in [1.82, 2.24) is 10.3 Å². The van der Waals surface area contributed by atoms with Crippen LogP contribution >= 0.6 is 0 Å². The quantitative estimate of drug-likeness (QED) is 0.893. The number of hydrogen-bond donors (Lipinski definition) is 1. The first-order valence-corrected chi connectivity index (χ1v) is 6.45. The summed E-state index contributed by atoms with van der Waals surface area (Å²) in [4.78, 5) is 4.17. The fourth-order valence-corrected chi connectivity index (χ4v) is 2.29. The van der Waals surface area contributed by atoms with Gasteiger partial charge in [0.15, 0.2) is 0 Å². The number of aromatic nitrogens is 1. The molecule has 0 spiro atoms. The Hall–Kier alpha value is -1.87. The lowest BCUT2D eigenvalue weighted by molar-refractivity contribution is 0.414. The Bertz CT molecular complexity index is 526. The van der Waals surface area contributed by atoms with Crippen molar-refractivity contribution in [3.8, 4) is 5.75 Å². The molecule has 3 heteroatoms. The van der Waals surface area contributed by atoms with Crippen LogP contribution in [0.25, 0.3) is 0 Å². The van der Waals surface area contributed by atoms with E-state index in [1.165, 1.54) is 16.7 Å². The largest absolute Gasteiger partial charge is 0.497 e. The van der Waals surface area contributed by atoms with Crippen LogP contribution in [0.15, 0.2) is 42.7 Å². The van der Waals surface area contributed by atoms with Gasteiger partial charge in [0.25, 0.3) is 0 Å². The Labute approximate surface area is 114 Å². The second-order valence-corrected chi connectivity index (χ2v) is 4.63. The summed E-state index contributed by atoms with van der Waals surface area (Å²) >= 11 is 0. The van der Waals surface area contributed by atoms with Crippen molar-refractivity contribution in [2.45, 2.75) is 19.4 Å². The van der Waals surface area contributed by atoms with Crippen LogP contribution < -0.4 is 10.1 Å². The van der Waals surface area contributed by atoms with E-state index in [9.17, 15) is 0 Å². The number of ether oxygens (including phenoxy) is 1. The zero-order valence-electron chi connectivity index (χ0n) is 11.7. The molecular weight excluding hydrogens is 236 g/mol. The van der Waals surface area contributed by atoms with Crippen molar-refractivity contribution in [3.63, 3.8) is 0 Å². The van der Waals surface area contributed by atoms with Gasteiger partial charge >= 0.3 is 0 Å². The van der Waals surface area contributed by atoms with Gasteiger partial charge in [-0.3, -0.25) is 4.98 Å². The highest BCUT2D eigenvalue weighted by Gasteiger charge is 2.13. The minimum absolute atomic E-state index is 0.287.